The maximum absolute atomic E-state index is 11.4. The molecule has 0 spiro atoms. The molecule has 0 fully saturated rings. The topological polar surface area (TPSA) is 72.8 Å². The van der Waals surface area contributed by atoms with Crippen LogP contribution in [0.25, 0.3) is 0 Å². The Morgan fingerprint density at radius 2 is 2.00 bits per heavy atom. The summed E-state index contributed by atoms with van der Waals surface area (Å²) in [6, 6.07) is 4.61. The van der Waals surface area contributed by atoms with Crippen molar-refractivity contribution in [2.24, 2.45) is 0 Å². The molecule has 1 heterocycles. The summed E-state index contributed by atoms with van der Waals surface area (Å²) < 4.78 is 10.1. The quantitative estimate of drug-likeness (QED) is 0.594. The lowest BCUT2D eigenvalue weighted by Crippen LogP contribution is -2.06. The summed E-state index contributed by atoms with van der Waals surface area (Å²) in [5, 5.41) is 8.46. The molecule has 0 amide bonds. The minimum atomic E-state index is -1.14. The maximum Gasteiger partial charge on any atom is 0.311 e. The zero-order valence-corrected chi connectivity index (χ0v) is 7.73. The maximum atomic E-state index is 11.4. The third-order valence-electron chi connectivity index (χ3n) is 2.01. The molecule has 0 radical (unpaired) electrons. The van der Waals surface area contributed by atoms with Gasteiger partial charge in [0, 0.05) is 5.56 Å². The first-order chi connectivity index (χ1) is 7.16. The first-order valence-corrected chi connectivity index (χ1v) is 4.31. The highest BCUT2D eigenvalue weighted by atomic mass is 16.7. The fraction of sp³-hybridized carbons (Fsp3) is 0.200. The van der Waals surface area contributed by atoms with Crippen LogP contribution in [0.1, 0.15) is 16.8 Å². The van der Waals surface area contributed by atoms with Crippen LogP contribution in [0.4, 0.5) is 0 Å². The fourth-order valence-corrected chi connectivity index (χ4v) is 1.31. The number of carbonyl (C=O) groups excluding carboxylic acids is 1. The highest BCUT2D eigenvalue weighted by Crippen LogP contribution is 2.32. The van der Waals surface area contributed by atoms with Gasteiger partial charge in [-0.25, -0.2) is 0 Å². The minimum absolute atomic E-state index is 0.131. The van der Waals surface area contributed by atoms with Gasteiger partial charge in [-0.2, -0.15) is 0 Å². The molecule has 2 rings (SSSR count). The van der Waals surface area contributed by atoms with Gasteiger partial charge in [-0.05, 0) is 18.2 Å². The van der Waals surface area contributed by atoms with E-state index in [-0.39, 0.29) is 6.79 Å². The summed E-state index contributed by atoms with van der Waals surface area (Å²) in [6.07, 6.45) is -0.514. The third-order valence-corrected chi connectivity index (χ3v) is 2.01. The van der Waals surface area contributed by atoms with Crippen molar-refractivity contribution >= 4 is 11.8 Å². The van der Waals surface area contributed by atoms with Crippen LogP contribution in [-0.2, 0) is 4.79 Å². The van der Waals surface area contributed by atoms with Crippen LogP contribution in [0.3, 0.4) is 0 Å². The number of carboxylic acid groups (broad SMARTS) is 1. The standard InChI is InChI=1S/C10H8O5/c11-7(4-10(12)13)6-1-2-8-9(3-6)15-5-14-8/h1-3H,4-5H2,(H,12,13). The number of Topliss-reactive ketones (excluding diaryl/α,β-unsaturated/α-hetero) is 1. The van der Waals surface area contributed by atoms with Gasteiger partial charge in [0.15, 0.2) is 17.3 Å². The Bertz CT molecular complexity index is 424. The van der Waals surface area contributed by atoms with Gasteiger partial charge in [-0.3, -0.25) is 9.59 Å². The molecule has 1 N–H and O–H groups in total. The van der Waals surface area contributed by atoms with Crippen molar-refractivity contribution in [1.82, 2.24) is 0 Å². The number of carbonyl (C=O) groups is 2. The molecule has 0 aromatic heterocycles. The van der Waals surface area contributed by atoms with Gasteiger partial charge in [-0.15, -0.1) is 0 Å². The monoisotopic (exact) mass is 208 g/mol. The summed E-state index contributed by atoms with van der Waals surface area (Å²) in [4.78, 5) is 21.7. The van der Waals surface area contributed by atoms with Gasteiger partial charge >= 0.3 is 5.97 Å². The summed E-state index contributed by atoms with van der Waals surface area (Å²) >= 11 is 0. The molecule has 1 aliphatic heterocycles. The zero-order chi connectivity index (χ0) is 10.8. The number of hydrogen-bond donors (Lipinski definition) is 1. The average molecular weight is 208 g/mol. The lowest BCUT2D eigenvalue weighted by Gasteiger charge is -1.99. The SMILES string of the molecule is O=C(O)CC(=O)c1ccc2c(c1)OCO2. The third kappa shape index (κ3) is 1.90. The predicted octanol–water partition coefficient (Wildman–Crippen LogP) is 1.07. The Balaban J connectivity index is 2.23. The Kier molecular flexibility index (Phi) is 2.29. The van der Waals surface area contributed by atoms with Crippen molar-refractivity contribution < 1.29 is 24.2 Å². The van der Waals surface area contributed by atoms with E-state index in [4.69, 9.17) is 14.6 Å². The highest BCUT2D eigenvalue weighted by molar-refractivity contribution is 6.05. The van der Waals surface area contributed by atoms with Crippen LogP contribution >= 0.6 is 0 Å². The molecular weight excluding hydrogens is 200 g/mol. The molecule has 1 aromatic carbocycles. The Morgan fingerprint density at radius 1 is 1.27 bits per heavy atom. The molecule has 1 aromatic rings. The van der Waals surface area contributed by atoms with E-state index in [0.717, 1.165) is 0 Å². The second-order valence-corrected chi connectivity index (χ2v) is 3.06. The van der Waals surface area contributed by atoms with Crippen molar-refractivity contribution in [3.05, 3.63) is 23.8 Å². The molecule has 1 aliphatic rings. The zero-order valence-electron chi connectivity index (χ0n) is 7.73. The van der Waals surface area contributed by atoms with E-state index >= 15 is 0 Å². The number of fused-ring (bicyclic) bond motifs is 1. The van der Waals surface area contributed by atoms with Crippen LogP contribution in [0.2, 0.25) is 0 Å². The molecule has 5 heteroatoms. The first kappa shape index (κ1) is 9.51. The van der Waals surface area contributed by atoms with E-state index in [1.807, 2.05) is 0 Å². The molecule has 0 atom stereocenters. The normalized spacial score (nSPS) is 12.5. The summed E-state index contributed by atoms with van der Waals surface area (Å²) in [5.41, 5.74) is 0.321. The number of rotatable bonds is 3. The van der Waals surface area contributed by atoms with Crippen molar-refractivity contribution in [3.63, 3.8) is 0 Å². The first-order valence-electron chi connectivity index (χ1n) is 4.31. The Morgan fingerprint density at radius 3 is 2.73 bits per heavy atom. The van der Waals surface area contributed by atoms with Gasteiger partial charge in [0.25, 0.3) is 0 Å². The lowest BCUT2D eigenvalue weighted by atomic mass is 10.1. The number of aliphatic carboxylic acids is 1. The Hall–Kier alpha value is -2.04. The van der Waals surface area contributed by atoms with Crippen molar-refractivity contribution in [3.8, 4) is 11.5 Å². The number of hydrogen-bond acceptors (Lipinski definition) is 4. The highest BCUT2D eigenvalue weighted by Gasteiger charge is 2.17. The van der Waals surface area contributed by atoms with Gasteiger partial charge in [-0.1, -0.05) is 0 Å². The van der Waals surface area contributed by atoms with Gasteiger partial charge in [0.05, 0.1) is 0 Å². The molecule has 0 bridgehead atoms. The molecular formula is C10H8O5. The summed E-state index contributed by atoms with van der Waals surface area (Å²) in [7, 11) is 0. The smallest absolute Gasteiger partial charge is 0.311 e. The largest absolute Gasteiger partial charge is 0.481 e. The lowest BCUT2D eigenvalue weighted by molar-refractivity contribution is -0.135. The number of carboxylic acids is 1. The predicted molar refractivity (Wildman–Crippen MR) is 49.1 cm³/mol. The number of ether oxygens (including phenoxy) is 2. The fourth-order valence-electron chi connectivity index (χ4n) is 1.31. The van der Waals surface area contributed by atoms with E-state index in [0.29, 0.717) is 17.1 Å². The van der Waals surface area contributed by atoms with E-state index in [1.165, 1.54) is 12.1 Å². The molecule has 5 nitrogen and oxygen atoms in total. The van der Waals surface area contributed by atoms with Crippen LogP contribution in [0, 0.1) is 0 Å². The van der Waals surface area contributed by atoms with Crippen molar-refractivity contribution in [1.29, 1.82) is 0 Å². The molecule has 0 saturated carbocycles. The molecule has 0 aliphatic carbocycles. The van der Waals surface area contributed by atoms with Crippen molar-refractivity contribution in [2.75, 3.05) is 6.79 Å². The molecule has 0 unspecified atom stereocenters. The average Bonchev–Trinajstić information content (AvgIpc) is 2.62. The second-order valence-electron chi connectivity index (χ2n) is 3.06. The van der Waals surface area contributed by atoms with Crippen molar-refractivity contribution in [2.45, 2.75) is 6.42 Å². The number of ketones is 1. The van der Waals surface area contributed by atoms with Gasteiger partial charge < -0.3 is 14.6 Å². The van der Waals surface area contributed by atoms with E-state index < -0.39 is 18.2 Å². The van der Waals surface area contributed by atoms with Gasteiger partial charge in [0.1, 0.15) is 6.42 Å². The van der Waals surface area contributed by atoms with Crippen LogP contribution in [0.5, 0.6) is 11.5 Å². The second kappa shape index (κ2) is 3.61. The minimum Gasteiger partial charge on any atom is -0.481 e. The summed E-state index contributed by atoms with van der Waals surface area (Å²) in [6.45, 7) is 0.131. The summed E-state index contributed by atoms with van der Waals surface area (Å²) in [5.74, 6) is -0.536. The van der Waals surface area contributed by atoms with E-state index in [9.17, 15) is 9.59 Å². The van der Waals surface area contributed by atoms with Crippen LogP contribution in [-0.4, -0.2) is 23.7 Å². The van der Waals surface area contributed by atoms with Crippen LogP contribution < -0.4 is 9.47 Å². The van der Waals surface area contributed by atoms with E-state index in [2.05, 4.69) is 0 Å². The molecule has 0 saturated heterocycles. The molecule has 15 heavy (non-hydrogen) atoms. The number of benzene rings is 1. The van der Waals surface area contributed by atoms with E-state index in [1.54, 1.807) is 6.07 Å². The Labute approximate surface area is 85.2 Å². The van der Waals surface area contributed by atoms with Gasteiger partial charge in [0.2, 0.25) is 6.79 Å². The molecule has 78 valence electrons. The van der Waals surface area contributed by atoms with Crippen LogP contribution in [0.15, 0.2) is 18.2 Å².